The van der Waals surface area contributed by atoms with E-state index in [0.29, 0.717) is 24.3 Å². The number of hydrogen-bond acceptors (Lipinski definition) is 3. The van der Waals surface area contributed by atoms with Gasteiger partial charge in [0, 0.05) is 30.5 Å². The lowest BCUT2D eigenvalue weighted by atomic mass is 10.2. The van der Waals surface area contributed by atoms with Gasteiger partial charge in [0.25, 0.3) is 11.8 Å². The van der Waals surface area contributed by atoms with E-state index in [2.05, 4.69) is 10.3 Å². The lowest BCUT2D eigenvalue weighted by molar-refractivity contribution is 0.0773. The fourth-order valence-electron chi connectivity index (χ4n) is 2.10. The fraction of sp³-hybridized carbons (Fsp3) is 0.235. The first-order valence-corrected chi connectivity index (χ1v) is 7.27. The number of nitrogens with zero attached hydrogens (tertiary/aromatic N) is 2. The number of nitrogens with one attached hydrogen (secondary N) is 1. The standard InChI is InChI=1S/C17H19N3O2/c1-3-20(4-2)17(22)13-10-11-18-15(12-13)16(21)19-14-8-6-5-7-9-14/h5-12H,3-4H2,1-2H3,(H,19,21). The van der Waals surface area contributed by atoms with Crippen LogP contribution in [0.25, 0.3) is 0 Å². The minimum Gasteiger partial charge on any atom is -0.339 e. The first-order valence-electron chi connectivity index (χ1n) is 7.27. The van der Waals surface area contributed by atoms with Crippen molar-refractivity contribution in [1.82, 2.24) is 9.88 Å². The SMILES string of the molecule is CCN(CC)C(=O)c1ccnc(C(=O)Nc2ccccc2)c1. The summed E-state index contributed by atoms with van der Waals surface area (Å²) in [5.41, 5.74) is 1.38. The second-order valence-corrected chi connectivity index (χ2v) is 4.73. The van der Waals surface area contributed by atoms with E-state index in [1.807, 2.05) is 32.0 Å². The highest BCUT2D eigenvalue weighted by molar-refractivity contribution is 6.04. The lowest BCUT2D eigenvalue weighted by Crippen LogP contribution is -2.30. The van der Waals surface area contributed by atoms with Crippen LogP contribution in [0.3, 0.4) is 0 Å². The molecule has 0 aliphatic heterocycles. The zero-order valence-electron chi connectivity index (χ0n) is 12.7. The maximum Gasteiger partial charge on any atom is 0.274 e. The number of rotatable bonds is 5. The van der Waals surface area contributed by atoms with Crippen molar-refractivity contribution in [3.63, 3.8) is 0 Å². The van der Waals surface area contributed by atoms with E-state index in [9.17, 15) is 9.59 Å². The van der Waals surface area contributed by atoms with Crippen LogP contribution in [0.5, 0.6) is 0 Å². The number of carbonyl (C=O) groups excluding carboxylic acids is 2. The zero-order valence-corrected chi connectivity index (χ0v) is 12.7. The summed E-state index contributed by atoms with van der Waals surface area (Å²) in [5, 5.41) is 2.76. The average Bonchev–Trinajstić information content (AvgIpc) is 2.57. The van der Waals surface area contributed by atoms with E-state index in [0.717, 1.165) is 0 Å². The second-order valence-electron chi connectivity index (χ2n) is 4.73. The van der Waals surface area contributed by atoms with Crippen LogP contribution >= 0.6 is 0 Å². The van der Waals surface area contributed by atoms with Crippen LogP contribution in [-0.2, 0) is 0 Å². The topological polar surface area (TPSA) is 62.3 Å². The molecule has 0 atom stereocenters. The molecule has 0 unspecified atom stereocenters. The highest BCUT2D eigenvalue weighted by Gasteiger charge is 2.15. The highest BCUT2D eigenvalue weighted by Crippen LogP contribution is 2.10. The Morgan fingerprint density at radius 2 is 1.77 bits per heavy atom. The molecule has 114 valence electrons. The third-order valence-electron chi connectivity index (χ3n) is 3.32. The number of carbonyl (C=O) groups is 2. The molecule has 2 aromatic rings. The number of amides is 2. The van der Waals surface area contributed by atoms with Crippen molar-refractivity contribution in [3.8, 4) is 0 Å². The molecule has 2 rings (SSSR count). The molecule has 5 heteroatoms. The van der Waals surface area contributed by atoms with Crippen LogP contribution in [0.4, 0.5) is 5.69 Å². The molecule has 1 heterocycles. The minimum atomic E-state index is -0.333. The monoisotopic (exact) mass is 297 g/mol. The molecule has 1 aromatic carbocycles. The van der Waals surface area contributed by atoms with Crippen molar-refractivity contribution in [2.45, 2.75) is 13.8 Å². The van der Waals surface area contributed by atoms with Gasteiger partial charge in [-0.05, 0) is 38.1 Å². The molecule has 0 saturated carbocycles. The Morgan fingerprint density at radius 1 is 1.09 bits per heavy atom. The van der Waals surface area contributed by atoms with E-state index in [1.165, 1.54) is 12.3 Å². The highest BCUT2D eigenvalue weighted by atomic mass is 16.2. The van der Waals surface area contributed by atoms with Gasteiger partial charge in [0.05, 0.1) is 0 Å². The van der Waals surface area contributed by atoms with E-state index >= 15 is 0 Å². The largest absolute Gasteiger partial charge is 0.339 e. The van der Waals surface area contributed by atoms with E-state index in [4.69, 9.17) is 0 Å². The summed E-state index contributed by atoms with van der Waals surface area (Å²) in [5.74, 6) is -0.429. The molecule has 0 aliphatic rings. The van der Waals surface area contributed by atoms with Gasteiger partial charge in [0.15, 0.2) is 0 Å². The summed E-state index contributed by atoms with van der Waals surface area (Å²) in [7, 11) is 0. The third kappa shape index (κ3) is 3.69. The number of hydrogen-bond donors (Lipinski definition) is 1. The number of benzene rings is 1. The molecule has 0 fully saturated rings. The molecule has 0 saturated heterocycles. The van der Waals surface area contributed by atoms with Crippen molar-refractivity contribution in [3.05, 3.63) is 59.9 Å². The molecule has 0 radical (unpaired) electrons. The number of anilines is 1. The summed E-state index contributed by atoms with van der Waals surface area (Å²) in [6.45, 7) is 5.10. The van der Waals surface area contributed by atoms with Crippen LogP contribution in [0.1, 0.15) is 34.7 Å². The summed E-state index contributed by atoms with van der Waals surface area (Å²) >= 11 is 0. The minimum absolute atomic E-state index is 0.0961. The molecule has 22 heavy (non-hydrogen) atoms. The molecular formula is C17H19N3O2. The summed E-state index contributed by atoms with van der Waals surface area (Å²) in [4.78, 5) is 30.3. The number of pyridine rings is 1. The number of para-hydroxylation sites is 1. The van der Waals surface area contributed by atoms with E-state index in [1.54, 1.807) is 23.1 Å². The maximum atomic E-state index is 12.3. The van der Waals surface area contributed by atoms with Crippen LogP contribution < -0.4 is 5.32 Å². The Kier molecular flexibility index (Phi) is 5.25. The van der Waals surface area contributed by atoms with Gasteiger partial charge in [-0.3, -0.25) is 14.6 Å². The van der Waals surface area contributed by atoms with Crippen LogP contribution in [0, 0.1) is 0 Å². The van der Waals surface area contributed by atoms with Crippen molar-refractivity contribution < 1.29 is 9.59 Å². The smallest absolute Gasteiger partial charge is 0.274 e. The molecule has 0 spiro atoms. The van der Waals surface area contributed by atoms with Gasteiger partial charge in [-0.25, -0.2) is 0 Å². The maximum absolute atomic E-state index is 12.3. The van der Waals surface area contributed by atoms with Gasteiger partial charge in [0.1, 0.15) is 5.69 Å². The fourth-order valence-corrected chi connectivity index (χ4v) is 2.10. The number of aromatic nitrogens is 1. The zero-order chi connectivity index (χ0) is 15.9. The van der Waals surface area contributed by atoms with Crippen LogP contribution in [-0.4, -0.2) is 34.8 Å². The Morgan fingerprint density at radius 3 is 2.41 bits per heavy atom. The molecule has 1 N–H and O–H groups in total. The average molecular weight is 297 g/mol. The van der Waals surface area contributed by atoms with Gasteiger partial charge in [0.2, 0.25) is 0 Å². The molecule has 0 aliphatic carbocycles. The van der Waals surface area contributed by atoms with Gasteiger partial charge in [-0.1, -0.05) is 18.2 Å². The van der Waals surface area contributed by atoms with Gasteiger partial charge >= 0.3 is 0 Å². The predicted molar refractivity (Wildman–Crippen MR) is 85.9 cm³/mol. The molecular weight excluding hydrogens is 278 g/mol. The van der Waals surface area contributed by atoms with Gasteiger partial charge < -0.3 is 10.2 Å². The first-order chi connectivity index (χ1) is 10.7. The second kappa shape index (κ2) is 7.36. The Labute approximate surface area is 130 Å². The predicted octanol–water partition coefficient (Wildman–Crippen LogP) is 2.82. The summed E-state index contributed by atoms with van der Waals surface area (Å²) < 4.78 is 0. The third-order valence-corrected chi connectivity index (χ3v) is 3.32. The van der Waals surface area contributed by atoms with E-state index < -0.39 is 0 Å². The molecule has 0 bridgehead atoms. The molecule has 1 aromatic heterocycles. The van der Waals surface area contributed by atoms with E-state index in [-0.39, 0.29) is 17.5 Å². The van der Waals surface area contributed by atoms with Crippen LogP contribution in [0.15, 0.2) is 48.7 Å². The Bertz CT molecular complexity index is 652. The molecule has 2 amide bonds. The van der Waals surface area contributed by atoms with Crippen molar-refractivity contribution in [1.29, 1.82) is 0 Å². The molecule has 5 nitrogen and oxygen atoms in total. The van der Waals surface area contributed by atoms with Gasteiger partial charge in [-0.2, -0.15) is 0 Å². The van der Waals surface area contributed by atoms with Crippen molar-refractivity contribution in [2.24, 2.45) is 0 Å². The van der Waals surface area contributed by atoms with Crippen LogP contribution in [0.2, 0.25) is 0 Å². The first kappa shape index (κ1) is 15.7. The lowest BCUT2D eigenvalue weighted by Gasteiger charge is -2.18. The van der Waals surface area contributed by atoms with Gasteiger partial charge in [-0.15, -0.1) is 0 Å². The quantitative estimate of drug-likeness (QED) is 0.923. The normalized spacial score (nSPS) is 10.1. The summed E-state index contributed by atoms with van der Waals surface area (Å²) in [6.07, 6.45) is 1.48. The summed E-state index contributed by atoms with van der Waals surface area (Å²) in [6, 6.07) is 12.3. The van der Waals surface area contributed by atoms with Crippen molar-refractivity contribution >= 4 is 17.5 Å². The Hall–Kier alpha value is -2.69. The van der Waals surface area contributed by atoms with Crippen molar-refractivity contribution in [2.75, 3.05) is 18.4 Å². The Balaban J connectivity index is 2.17.